The first-order chi connectivity index (χ1) is 25.7. The van der Waals surface area contributed by atoms with Gasteiger partial charge in [0.15, 0.2) is 0 Å². The summed E-state index contributed by atoms with van der Waals surface area (Å²) in [5, 5.41) is 0. The summed E-state index contributed by atoms with van der Waals surface area (Å²) < 4.78 is 0. The van der Waals surface area contributed by atoms with E-state index in [1.807, 2.05) is 64.1 Å². The number of hydrogen-bond donors (Lipinski definition) is 0. The zero-order valence-corrected chi connectivity index (χ0v) is 37.2. The van der Waals surface area contributed by atoms with Gasteiger partial charge in [0, 0.05) is 0 Å². The van der Waals surface area contributed by atoms with Gasteiger partial charge in [-0.15, -0.1) is 0 Å². The van der Waals surface area contributed by atoms with Gasteiger partial charge in [0.05, 0.1) is 68.4 Å². The predicted octanol–water partition coefficient (Wildman–Crippen LogP) is 13.6. The zero-order chi connectivity index (χ0) is 39.9. The summed E-state index contributed by atoms with van der Waals surface area (Å²) in [6.45, 7) is 20.5. The molecule has 286 valence electrons. The van der Waals surface area contributed by atoms with Gasteiger partial charge in [-0.3, -0.25) is 20.0 Å². The second-order valence-electron chi connectivity index (χ2n) is 12.7. The van der Waals surface area contributed by atoms with Gasteiger partial charge in [0.25, 0.3) is 0 Å². The summed E-state index contributed by atoms with van der Waals surface area (Å²) in [5.74, 6) is 0. The van der Waals surface area contributed by atoms with E-state index in [4.69, 9.17) is 70.3 Å². The molecule has 6 nitrogen and oxygen atoms in total. The molecule has 3 aromatic carbocycles. The Morgan fingerprint density at radius 2 is 0.667 bits per heavy atom. The molecule has 12 heteroatoms. The van der Waals surface area contributed by atoms with Crippen molar-refractivity contribution in [3.8, 4) is 0 Å². The van der Waals surface area contributed by atoms with Crippen LogP contribution in [0.15, 0.2) is 105 Å². The van der Waals surface area contributed by atoms with Gasteiger partial charge in [-0.05, 0) is 151 Å². The van der Waals surface area contributed by atoms with Crippen molar-refractivity contribution in [2.75, 3.05) is 0 Å². The van der Waals surface area contributed by atoms with E-state index < -0.39 is 0 Å². The first-order valence-electron chi connectivity index (χ1n) is 16.8. The fourth-order valence-electron chi connectivity index (χ4n) is 5.33. The summed E-state index contributed by atoms with van der Waals surface area (Å²) in [5.41, 5.74) is 17.2. The molecule has 54 heavy (non-hydrogen) atoms. The van der Waals surface area contributed by atoms with Crippen molar-refractivity contribution < 1.29 is 26.3 Å². The van der Waals surface area contributed by atoms with Gasteiger partial charge < -0.3 is 0 Å². The van der Waals surface area contributed by atoms with Gasteiger partial charge in [-0.2, -0.15) is 0 Å². The number of benzene rings is 3. The maximum absolute atomic E-state index is 5.00. The van der Waals surface area contributed by atoms with Crippen LogP contribution in [0.25, 0.3) is 0 Å². The molecule has 0 spiro atoms. The molecule has 0 amide bonds. The molecular weight excluding hydrogens is 842 g/mol. The summed E-state index contributed by atoms with van der Waals surface area (Å²) in [6, 6.07) is 28.8. The van der Waals surface area contributed by atoms with E-state index in [1.54, 1.807) is 0 Å². The number of aryl methyl sites for hydroxylation is 6. The first-order valence-corrected chi connectivity index (χ1v) is 22.9. The third-order valence-electron chi connectivity index (χ3n) is 8.38. The fraction of sp³-hybridized carbons (Fsp3) is 0.238. The Morgan fingerprint density at radius 1 is 0.407 bits per heavy atom. The Morgan fingerprint density at radius 3 is 0.944 bits per heavy atom. The number of aliphatic imine (C=N–C) groups is 4. The molecule has 0 saturated carbocycles. The predicted molar refractivity (Wildman–Crippen MR) is 227 cm³/mol. The van der Waals surface area contributed by atoms with Crippen molar-refractivity contribution >= 4 is 86.0 Å². The molecule has 0 fully saturated rings. The van der Waals surface area contributed by atoms with Crippen LogP contribution in [0, 0.1) is 41.5 Å². The summed E-state index contributed by atoms with van der Waals surface area (Å²) in [4.78, 5) is 29.6. The Balaban J connectivity index is 0.00000122. The molecule has 0 aliphatic rings. The van der Waals surface area contributed by atoms with Crippen molar-refractivity contribution in [3.63, 3.8) is 0 Å². The average Bonchev–Trinajstić information content (AvgIpc) is 3.14. The molecule has 5 aromatic rings. The molecule has 0 atom stereocenters. The van der Waals surface area contributed by atoms with Crippen LogP contribution in [0.2, 0.25) is 0 Å². The van der Waals surface area contributed by atoms with E-state index in [0.717, 1.165) is 90.6 Å². The normalized spacial score (nSPS) is 12.3. The van der Waals surface area contributed by atoms with Crippen molar-refractivity contribution in [3.05, 3.63) is 141 Å². The van der Waals surface area contributed by atoms with Gasteiger partial charge in [-0.25, -0.2) is 9.97 Å². The molecular formula is C42H44Cl4Fe2N6. The molecule has 0 N–H and O–H groups in total. The Hall–Kier alpha value is -3.16. The summed E-state index contributed by atoms with van der Waals surface area (Å²) >= 11 is 0.389. The quantitative estimate of drug-likeness (QED) is 0.115. The van der Waals surface area contributed by atoms with Crippen LogP contribution in [0.4, 0.5) is 22.7 Å². The van der Waals surface area contributed by atoms with Crippen LogP contribution < -0.4 is 0 Å². The second-order valence-corrected chi connectivity index (χ2v) is 16.4. The van der Waals surface area contributed by atoms with Crippen LogP contribution >= 0.6 is 40.4 Å². The maximum atomic E-state index is 5.00. The molecule has 0 radical (unpaired) electrons. The van der Waals surface area contributed by atoms with Crippen LogP contribution in [0.5, 0.6) is 0 Å². The standard InChI is InChI=1S/C42H44N6.4ClH.2Fe/c1-25-17-19-27(3)39(21-25)43-31(7)35-13-11-15-37(47-35)33(9)45-41-23-30(6)42(24-29(41)5)46-34(10)38-16-12-14-36(48-38)32(8)44-40-22-26(2)18-20-28(40)4;;;;;;/h11-24H,1-10H3;4*1H;;/q;;;;;2*+2/p-4. The van der Waals surface area contributed by atoms with Crippen molar-refractivity contribution in [2.45, 2.75) is 69.2 Å². The van der Waals surface area contributed by atoms with E-state index in [1.165, 1.54) is 11.1 Å². The minimum atomic E-state index is 0.194. The van der Waals surface area contributed by atoms with Crippen LogP contribution in [0.1, 0.15) is 83.9 Å². The van der Waals surface area contributed by atoms with Crippen LogP contribution in [-0.2, 0) is 26.3 Å². The summed E-state index contributed by atoms with van der Waals surface area (Å²) in [6.07, 6.45) is 0. The van der Waals surface area contributed by atoms with E-state index in [-0.39, 0.29) is 26.3 Å². The van der Waals surface area contributed by atoms with E-state index in [9.17, 15) is 0 Å². The molecule has 2 aromatic heterocycles. The average molecular weight is 886 g/mol. The van der Waals surface area contributed by atoms with Crippen LogP contribution in [0.3, 0.4) is 0 Å². The summed E-state index contributed by atoms with van der Waals surface area (Å²) in [7, 11) is 19.1. The molecule has 0 unspecified atom stereocenters. The van der Waals surface area contributed by atoms with E-state index >= 15 is 0 Å². The number of hydrogen-bond acceptors (Lipinski definition) is 6. The van der Waals surface area contributed by atoms with Gasteiger partial charge in [-0.1, -0.05) is 36.4 Å². The molecule has 0 bridgehead atoms. The number of pyridine rings is 2. The van der Waals surface area contributed by atoms with Crippen molar-refractivity contribution in [1.82, 2.24) is 9.97 Å². The van der Waals surface area contributed by atoms with E-state index in [0.29, 0.717) is 0 Å². The third kappa shape index (κ3) is 13.5. The SMILES string of the molecule is CC(=Nc1cc(C)ccc1C)c1cccc(C(C)=Nc2cc(C)c(N=C(C)c3cccc(C(C)=Nc4cc(C)ccc4C)n3)cc2C)n1.[Cl][Fe][Cl].[Cl][Fe][Cl]. The van der Waals surface area contributed by atoms with Crippen molar-refractivity contribution in [2.24, 2.45) is 20.0 Å². The first kappa shape index (κ1) is 45.2. The second kappa shape index (κ2) is 22.4. The molecule has 0 aliphatic carbocycles. The minimum absolute atomic E-state index is 0.194. The Labute approximate surface area is 349 Å². The molecule has 2 heterocycles. The van der Waals surface area contributed by atoms with Crippen LogP contribution in [-0.4, -0.2) is 32.8 Å². The monoisotopic (exact) mass is 884 g/mol. The fourth-order valence-corrected chi connectivity index (χ4v) is 5.33. The van der Waals surface area contributed by atoms with Gasteiger partial charge >= 0.3 is 66.7 Å². The molecule has 5 rings (SSSR count). The molecule has 0 aliphatic heterocycles. The topological polar surface area (TPSA) is 75.2 Å². The third-order valence-corrected chi connectivity index (χ3v) is 8.38. The molecule has 0 saturated heterocycles. The zero-order valence-electron chi connectivity index (χ0n) is 32.0. The number of aromatic nitrogens is 2. The van der Waals surface area contributed by atoms with Gasteiger partial charge in [0.2, 0.25) is 0 Å². The number of halogens is 4. The Bertz CT molecular complexity index is 2040. The number of rotatable bonds is 8. The van der Waals surface area contributed by atoms with E-state index in [2.05, 4.69) is 90.1 Å². The van der Waals surface area contributed by atoms with Crippen molar-refractivity contribution in [1.29, 1.82) is 0 Å². The Kier molecular flexibility index (Phi) is 18.8. The van der Waals surface area contributed by atoms with Gasteiger partial charge in [0.1, 0.15) is 0 Å². The number of nitrogens with zero attached hydrogens (tertiary/aromatic N) is 6.